The van der Waals surface area contributed by atoms with Gasteiger partial charge in [0.25, 0.3) is 5.91 Å². The fourth-order valence-electron chi connectivity index (χ4n) is 2.51. The van der Waals surface area contributed by atoms with Crippen molar-refractivity contribution in [3.8, 4) is 6.07 Å². The minimum atomic E-state index is -5.06. The van der Waals surface area contributed by atoms with Crippen LogP contribution < -0.4 is 10.6 Å². The second-order valence-corrected chi connectivity index (χ2v) is 6.33. The van der Waals surface area contributed by atoms with Crippen LogP contribution in [-0.4, -0.2) is 18.5 Å². The van der Waals surface area contributed by atoms with E-state index in [1.165, 1.54) is 30.3 Å². The largest absolute Gasteiger partial charge is 0.462 e. The maximum atomic E-state index is 13.0. The molecule has 0 unspecified atom stereocenters. The summed E-state index contributed by atoms with van der Waals surface area (Å²) in [6, 6.07) is 7.89. The third kappa shape index (κ3) is 6.73. The van der Waals surface area contributed by atoms with Crippen LogP contribution in [0, 0.1) is 11.3 Å². The second-order valence-electron chi connectivity index (χ2n) is 6.33. The number of alkyl halides is 6. The van der Waals surface area contributed by atoms with Crippen molar-refractivity contribution in [3.63, 3.8) is 0 Å². The summed E-state index contributed by atoms with van der Waals surface area (Å²) in [5.74, 6) is -1.82. The Kier molecular flexibility index (Phi) is 7.71. The summed E-state index contributed by atoms with van der Waals surface area (Å²) in [7, 11) is 0. The predicted octanol–water partition coefficient (Wildman–Crippen LogP) is 5.36. The number of hydrogen-bond donors (Lipinski definition) is 2. The number of nitriles is 1. The second kappa shape index (κ2) is 10.1. The molecule has 0 fully saturated rings. The summed E-state index contributed by atoms with van der Waals surface area (Å²) in [6.45, 7) is 1.63. The topological polar surface area (TPSA) is 91.2 Å². The van der Waals surface area contributed by atoms with Gasteiger partial charge in [-0.3, -0.25) is 4.79 Å². The molecule has 0 atom stereocenters. The Hall–Kier alpha value is -4.01. The van der Waals surface area contributed by atoms with E-state index in [9.17, 15) is 41.2 Å². The number of nitrogens with zero attached hydrogens (tertiary/aromatic N) is 1. The molecule has 0 aliphatic heterocycles. The van der Waals surface area contributed by atoms with Gasteiger partial charge in [-0.15, -0.1) is 0 Å². The van der Waals surface area contributed by atoms with Gasteiger partial charge in [0.15, 0.2) is 0 Å². The fraction of sp³-hybridized carbons (Fsp3) is 0.190. The molecule has 0 aromatic heterocycles. The van der Waals surface area contributed by atoms with E-state index in [-0.39, 0.29) is 23.9 Å². The van der Waals surface area contributed by atoms with Gasteiger partial charge in [0.05, 0.1) is 29.0 Å². The lowest BCUT2D eigenvalue weighted by Crippen LogP contribution is -2.18. The molecule has 0 bridgehead atoms. The van der Waals surface area contributed by atoms with Crippen molar-refractivity contribution < 1.29 is 40.7 Å². The molecule has 0 saturated carbocycles. The monoisotopic (exact) mass is 471 g/mol. The number of anilines is 2. The van der Waals surface area contributed by atoms with E-state index in [1.807, 2.05) is 0 Å². The van der Waals surface area contributed by atoms with Crippen LogP contribution in [0.4, 0.5) is 37.7 Å². The van der Waals surface area contributed by atoms with Crippen LogP contribution in [-0.2, 0) is 21.9 Å². The van der Waals surface area contributed by atoms with Crippen LogP contribution in [0.25, 0.3) is 0 Å². The molecule has 12 heteroatoms. The van der Waals surface area contributed by atoms with Crippen molar-refractivity contribution in [1.29, 1.82) is 5.26 Å². The Labute approximate surface area is 183 Å². The van der Waals surface area contributed by atoms with Gasteiger partial charge in [0.1, 0.15) is 11.6 Å². The molecule has 0 spiro atoms. The zero-order valence-corrected chi connectivity index (χ0v) is 16.8. The lowest BCUT2D eigenvalue weighted by atomic mass is 10.1. The number of amides is 1. The summed E-state index contributed by atoms with van der Waals surface area (Å²) in [4.78, 5) is 24.4. The number of esters is 1. The maximum absolute atomic E-state index is 13.0. The van der Waals surface area contributed by atoms with Crippen molar-refractivity contribution >= 4 is 23.3 Å². The summed E-state index contributed by atoms with van der Waals surface area (Å²) in [5.41, 5.74) is -4.51. The molecule has 0 aliphatic carbocycles. The highest BCUT2D eigenvalue weighted by atomic mass is 19.4. The summed E-state index contributed by atoms with van der Waals surface area (Å²) in [5, 5.41) is 13.6. The zero-order chi connectivity index (χ0) is 24.8. The number of para-hydroxylation sites is 1. The SMILES string of the molecule is CCOC(=O)c1ccccc1NC(=O)/C(C#N)=C\Nc1cc(C(F)(F)F)cc(C(F)(F)F)c1. The smallest absolute Gasteiger partial charge is 0.416 e. The summed E-state index contributed by atoms with van der Waals surface area (Å²) in [6.07, 6.45) is -9.47. The van der Waals surface area contributed by atoms with Crippen LogP contribution >= 0.6 is 0 Å². The minimum absolute atomic E-state index is 0.0134. The van der Waals surface area contributed by atoms with E-state index in [1.54, 1.807) is 6.92 Å². The number of carbonyl (C=O) groups excluding carboxylic acids is 2. The number of hydrogen-bond acceptors (Lipinski definition) is 5. The molecule has 2 aromatic carbocycles. The van der Waals surface area contributed by atoms with Crippen LogP contribution in [0.2, 0.25) is 0 Å². The third-order valence-electron chi connectivity index (χ3n) is 4.01. The van der Waals surface area contributed by atoms with Gasteiger partial charge in [-0.05, 0) is 37.3 Å². The highest BCUT2D eigenvalue weighted by Crippen LogP contribution is 2.37. The van der Waals surface area contributed by atoms with Gasteiger partial charge in [0.2, 0.25) is 0 Å². The quantitative estimate of drug-likeness (QED) is 0.256. The fourth-order valence-corrected chi connectivity index (χ4v) is 2.51. The highest BCUT2D eigenvalue weighted by molar-refractivity contribution is 6.09. The van der Waals surface area contributed by atoms with Gasteiger partial charge in [-0.25, -0.2) is 4.79 Å². The lowest BCUT2D eigenvalue weighted by molar-refractivity contribution is -0.143. The van der Waals surface area contributed by atoms with E-state index in [2.05, 4.69) is 10.6 Å². The van der Waals surface area contributed by atoms with Crippen molar-refractivity contribution in [1.82, 2.24) is 0 Å². The van der Waals surface area contributed by atoms with E-state index >= 15 is 0 Å². The average molecular weight is 471 g/mol. The molecule has 2 N–H and O–H groups in total. The van der Waals surface area contributed by atoms with Gasteiger partial charge < -0.3 is 15.4 Å². The average Bonchev–Trinajstić information content (AvgIpc) is 2.73. The molecule has 174 valence electrons. The third-order valence-corrected chi connectivity index (χ3v) is 4.01. The number of benzene rings is 2. The molecule has 0 heterocycles. The van der Waals surface area contributed by atoms with Crippen LogP contribution in [0.15, 0.2) is 54.2 Å². The van der Waals surface area contributed by atoms with Crippen molar-refractivity contribution in [2.24, 2.45) is 0 Å². The lowest BCUT2D eigenvalue weighted by Gasteiger charge is -2.14. The van der Waals surface area contributed by atoms with Crippen LogP contribution in [0.3, 0.4) is 0 Å². The predicted molar refractivity (Wildman–Crippen MR) is 105 cm³/mol. The molecule has 0 aliphatic rings. The molecule has 1 amide bonds. The van der Waals surface area contributed by atoms with Crippen molar-refractivity contribution in [2.75, 3.05) is 17.2 Å². The first-order valence-corrected chi connectivity index (χ1v) is 9.10. The first-order chi connectivity index (χ1) is 15.4. The molecule has 6 nitrogen and oxygen atoms in total. The Morgan fingerprint density at radius 3 is 2.12 bits per heavy atom. The van der Waals surface area contributed by atoms with E-state index < -0.39 is 46.6 Å². The number of rotatable bonds is 6. The molecular weight excluding hydrogens is 456 g/mol. The minimum Gasteiger partial charge on any atom is -0.462 e. The standard InChI is InChI=1S/C21H15F6N3O3/c1-2-33-19(32)16-5-3-4-6-17(16)30-18(31)12(10-28)11-29-15-8-13(20(22,23)24)7-14(9-15)21(25,26)27/h3-9,11,29H,2H2,1H3,(H,30,31)/b12-11-. The molecule has 0 saturated heterocycles. The van der Waals surface area contributed by atoms with Gasteiger partial charge in [-0.1, -0.05) is 12.1 Å². The molecule has 33 heavy (non-hydrogen) atoms. The highest BCUT2D eigenvalue weighted by Gasteiger charge is 2.36. The number of halogens is 6. The van der Waals surface area contributed by atoms with E-state index in [0.717, 1.165) is 0 Å². The van der Waals surface area contributed by atoms with Crippen molar-refractivity contribution in [2.45, 2.75) is 19.3 Å². The normalized spacial score (nSPS) is 12.0. The number of ether oxygens (including phenoxy) is 1. The molecule has 2 rings (SSSR count). The Balaban J connectivity index is 2.32. The van der Waals surface area contributed by atoms with Crippen molar-refractivity contribution in [3.05, 3.63) is 70.9 Å². The number of carbonyl (C=O) groups is 2. The number of nitrogens with one attached hydrogen (secondary N) is 2. The Bertz CT molecular complexity index is 1090. The first-order valence-electron chi connectivity index (χ1n) is 9.10. The Morgan fingerprint density at radius 1 is 1.03 bits per heavy atom. The molecule has 2 aromatic rings. The zero-order valence-electron chi connectivity index (χ0n) is 16.8. The van der Waals surface area contributed by atoms with Gasteiger partial charge in [-0.2, -0.15) is 31.6 Å². The molecule has 0 radical (unpaired) electrons. The van der Waals surface area contributed by atoms with Gasteiger partial charge in [0, 0.05) is 11.9 Å². The van der Waals surface area contributed by atoms with E-state index in [4.69, 9.17) is 4.74 Å². The van der Waals surface area contributed by atoms with Gasteiger partial charge >= 0.3 is 18.3 Å². The van der Waals surface area contributed by atoms with Crippen LogP contribution in [0.5, 0.6) is 0 Å². The molecular formula is C21H15F6N3O3. The summed E-state index contributed by atoms with van der Waals surface area (Å²) >= 11 is 0. The van der Waals surface area contributed by atoms with Crippen LogP contribution in [0.1, 0.15) is 28.4 Å². The maximum Gasteiger partial charge on any atom is 0.416 e. The van der Waals surface area contributed by atoms with E-state index in [0.29, 0.717) is 18.3 Å². The summed E-state index contributed by atoms with van der Waals surface area (Å²) < 4.78 is 82.6. The first kappa shape index (κ1) is 25.3. The Morgan fingerprint density at radius 2 is 1.61 bits per heavy atom.